The van der Waals surface area contributed by atoms with Crippen LogP contribution in [-0.2, 0) is 24.2 Å². The van der Waals surface area contributed by atoms with E-state index in [1.807, 2.05) is 10.9 Å². The molecule has 3 aromatic heterocycles. The molecule has 1 fully saturated rings. The molecule has 0 spiro atoms. The molecule has 3 aromatic rings. The Kier molecular flexibility index (Phi) is 6.22. The van der Waals surface area contributed by atoms with Crippen LogP contribution in [0.25, 0.3) is 11.0 Å². The van der Waals surface area contributed by atoms with Crippen LogP contribution in [0.1, 0.15) is 60.1 Å². The van der Waals surface area contributed by atoms with Crippen LogP contribution >= 0.6 is 0 Å². The van der Waals surface area contributed by atoms with Gasteiger partial charge in [-0.15, -0.1) is 0 Å². The van der Waals surface area contributed by atoms with Gasteiger partial charge >= 0.3 is 0 Å². The third-order valence-electron chi connectivity index (χ3n) is 5.71. The number of anilines is 1. The minimum absolute atomic E-state index is 0.252. The second-order valence-corrected chi connectivity index (χ2v) is 7.82. The molecule has 9 heteroatoms. The molecule has 0 saturated carbocycles. The lowest BCUT2D eigenvalue weighted by atomic mass is 10.0. The Morgan fingerprint density at radius 2 is 2.00 bits per heavy atom. The minimum Gasteiger partial charge on any atom is -0.436 e. The highest BCUT2D eigenvalue weighted by Crippen LogP contribution is 2.31. The number of nitrogens with one attached hydrogen (secondary N) is 2. The van der Waals surface area contributed by atoms with Gasteiger partial charge in [0.1, 0.15) is 0 Å². The minimum atomic E-state index is -0.276. The second kappa shape index (κ2) is 9.05. The molecule has 9 nitrogen and oxygen atoms in total. The fourth-order valence-electron chi connectivity index (χ4n) is 4.09. The number of carbonyl (C=O) groups is 1. The number of hydrogen-bond donors (Lipinski definition) is 2. The van der Waals surface area contributed by atoms with Crippen molar-refractivity contribution in [3.8, 4) is 0 Å². The number of nitrogens with zero attached hydrogens (tertiary/aromatic N) is 4. The van der Waals surface area contributed by atoms with Gasteiger partial charge in [0.15, 0.2) is 11.5 Å². The third kappa shape index (κ3) is 4.27. The number of hydrogen-bond acceptors (Lipinski definition) is 7. The predicted octanol–water partition coefficient (Wildman–Crippen LogP) is 3.14. The van der Waals surface area contributed by atoms with Gasteiger partial charge in [-0.1, -0.05) is 6.92 Å². The summed E-state index contributed by atoms with van der Waals surface area (Å²) < 4.78 is 12.9. The molecule has 1 aliphatic heterocycles. The Bertz CT molecular complexity index is 1080. The van der Waals surface area contributed by atoms with E-state index in [-0.39, 0.29) is 11.7 Å². The summed E-state index contributed by atoms with van der Waals surface area (Å²) >= 11 is 0. The molecule has 0 radical (unpaired) electrons. The molecule has 4 heterocycles. The van der Waals surface area contributed by atoms with Crippen LogP contribution in [0.15, 0.2) is 10.6 Å². The van der Waals surface area contributed by atoms with Gasteiger partial charge in [-0.2, -0.15) is 5.10 Å². The summed E-state index contributed by atoms with van der Waals surface area (Å²) in [5, 5.41) is 12.2. The number of amides is 1. The van der Waals surface area contributed by atoms with Crippen molar-refractivity contribution in [2.45, 2.75) is 66.1 Å². The van der Waals surface area contributed by atoms with Crippen molar-refractivity contribution in [2.24, 2.45) is 0 Å². The van der Waals surface area contributed by atoms with Crippen LogP contribution in [0.5, 0.6) is 0 Å². The Morgan fingerprint density at radius 3 is 2.65 bits per heavy atom. The van der Waals surface area contributed by atoms with Crippen LogP contribution in [-0.4, -0.2) is 44.9 Å². The molecule has 1 amide bonds. The van der Waals surface area contributed by atoms with E-state index >= 15 is 0 Å². The highest BCUT2D eigenvalue weighted by molar-refractivity contribution is 5.94. The number of aryl methyl sites for hydroxylation is 4. The number of rotatable bonds is 7. The van der Waals surface area contributed by atoms with Gasteiger partial charge < -0.3 is 19.8 Å². The largest absolute Gasteiger partial charge is 0.436 e. The molecule has 0 bridgehead atoms. The number of carbonyl (C=O) groups excluding carboxylic acids is 1. The van der Waals surface area contributed by atoms with Crippen molar-refractivity contribution in [1.82, 2.24) is 25.1 Å². The van der Waals surface area contributed by atoms with E-state index in [0.717, 1.165) is 67.0 Å². The van der Waals surface area contributed by atoms with E-state index in [4.69, 9.17) is 14.1 Å². The summed E-state index contributed by atoms with van der Waals surface area (Å²) in [5.41, 5.74) is 4.39. The summed E-state index contributed by atoms with van der Waals surface area (Å²) in [6, 6.07) is 0.308. The average Bonchev–Trinajstić information content (AvgIpc) is 3.34. The maximum atomic E-state index is 12.7. The van der Waals surface area contributed by atoms with Gasteiger partial charge in [0.05, 0.1) is 23.0 Å². The molecule has 0 aromatic carbocycles. The highest BCUT2D eigenvalue weighted by Gasteiger charge is 2.23. The maximum absolute atomic E-state index is 12.7. The van der Waals surface area contributed by atoms with E-state index in [2.05, 4.69) is 34.6 Å². The van der Waals surface area contributed by atoms with Crippen molar-refractivity contribution in [1.29, 1.82) is 0 Å². The van der Waals surface area contributed by atoms with Gasteiger partial charge in [-0.05, 0) is 33.1 Å². The summed E-state index contributed by atoms with van der Waals surface area (Å²) in [5.74, 6) is 0.456. The number of fused-ring (bicyclic) bond motifs is 1. The van der Waals surface area contributed by atoms with Crippen LogP contribution in [0, 0.1) is 13.8 Å². The molecule has 0 unspecified atom stereocenters. The molecule has 1 saturated heterocycles. The predicted molar refractivity (Wildman–Crippen MR) is 117 cm³/mol. The second-order valence-electron chi connectivity index (χ2n) is 7.82. The lowest BCUT2D eigenvalue weighted by molar-refractivity contribution is 0.0904. The quantitative estimate of drug-likeness (QED) is 0.598. The fourth-order valence-corrected chi connectivity index (χ4v) is 4.09. The Hall–Kier alpha value is -2.94. The van der Waals surface area contributed by atoms with Crippen molar-refractivity contribution in [3.05, 3.63) is 34.8 Å². The van der Waals surface area contributed by atoms with Gasteiger partial charge in [-0.3, -0.25) is 4.79 Å². The van der Waals surface area contributed by atoms with Crippen molar-refractivity contribution in [3.63, 3.8) is 0 Å². The molecule has 166 valence electrons. The first-order valence-corrected chi connectivity index (χ1v) is 11.0. The summed E-state index contributed by atoms with van der Waals surface area (Å²) in [4.78, 5) is 21.8. The Labute approximate surface area is 181 Å². The molecule has 0 atom stereocenters. The number of pyridine rings is 1. The summed E-state index contributed by atoms with van der Waals surface area (Å²) in [6.45, 7) is 10.2. The third-order valence-corrected chi connectivity index (χ3v) is 5.71. The van der Waals surface area contributed by atoms with E-state index in [1.54, 1.807) is 13.8 Å². The highest BCUT2D eigenvalue weighted by atomic mass is 16.5. The lowest BCUT2D eigenvalue weighted by Crippen LogP contribution is -2.30. The zero-order valence-corrected chi connectivity index (χ0v) is 18.6. The van der Waals surface area contributed by atoms with Gasteiger partial charge in [0.25, 0.3) is 5.91 Å². The number of ether oxygens (including phenoxy) is 1. The normalized spacial score (nSPS) is 14.8. The van der Waals surface area contributed by atoms with E-state index in [0.29, 0.717) is 24.2 Å². The fraction of sp³-hybridized carbons (Fsp3) is 0.545. The first-order valence-electron chi connectivity index (χ1n) is 11.0. The number of aromatic nitrogens is 4. The SMILES string of the molecule is CCc1nc2c(cnn2CC)c(NC2CCOCC2)c1CNC(=O)c1oc(C)nc1C. The first-order chi connectivity index (χ1) is 15.0. The van der Waals surface area contributed by atoms with E-state index < -0.39 is 0 Å². The van der Waals surface area contributed by atoms with Gasteiger partial charge in [0.2, 0.25) is 5.76 Å². The van der Waals surface area contributed by atoms with Crippen LogP contribution in [0.3, 0.4) is 0 Å². The first kappa shape index (κ1) is 21.3. The average molecular weight is 427 g/mol. The molecule has 31 heavy (non-hydrogen) atoms. The smallest absolute Gasteiger partial charge is 0.289 e. The monoisotopic (exact) mass is 426 g/mol. The van der Waals surface area contributed by atoms with Crippen LogP contribution in [0.4, 0.5) is 5.69 Å². The Balaban J connectivity index is 1.70. The molecule has 4 rings (SSSR count). The van der Waals surface area contributed by atoms with Crippen molar-refractivity contribution in [2.75, 3.05) is 18.5 Å². The Morgan fingerprint density at radius 1 is 1.23 bits per heavy atom. The zero-order chi connectivity index (χ0) is 22.0. The number of oxazole rings is 1. The van der Waals surface area contributed by atoms with Crippen molar-refractivity contribution < 1.29 is 13.9 Å². The lowest BCUT2D eigenvalue weighted by Gasteiger charge is -2.26. The van der Waals surface area contributed by atoms with Crippen LogP contribution < -0.4 is 10.6 Å². The van der Waals surface area contributed by atoms with Crippen molar-refractivity contribution >= 4 is 22.6 Å². The zero-order valence-electron chi connectivity index (χ0n) is 18.6. The standard InChI is InChI=1S/C22H30N6O3/c1-5-18-16(11-23-22(29)20-13(3)25-14(4)31-20)19(26-15-7-9-30-10-8-15)17-12-24-28(6-2)21(17)27-18/h12,15H,5-11H2,1-4H3,(H,23,29)(H,26,27). The van der Waals surface area contributed by atoms with E-state index in [1.165, 1.54) is 0 Å². The molecule has 2 N–H and O–H groups in total. The summed E-state index contributed by atoms with van der Waals surface area (Å²) in [6.07, 6.45) is 4.49. The van der Waals surface area contributed by atoms with E-state index in [9.17, 15) is 4.79 Å². The molecular weight excluding hydrogens is 396 g/mol. The topological polar surface area (TPSA) is 107 Å². The van der Waals surface area contributed by atoms with Gasteiger partial charge in [-0.25, -0.2) is 14.6 Å². The maximum Gasteiger partial charge on any atom is 0.289 e. The van der Waals surface area contributed by atoms with Gasteiger partial charge in [0, 0.05) is 50.5 Å². The molecule has 1 aliphatic rings. The van der Waals surface area contributed by atoms with Crippen LogP contribution in [0.2, 0.25) is 0 Å². The summed E-state index contributed by atoms with van der Waals surface area (Å²) in [7, 11) is 0. The molecular formula is C22H30N6O3. The molecule has 0 aliphatic carbocycles.